The Hall–Kier alpha value is -2.77. The Bertz CT molecular complexity index is 1120. The quantitative estimate of drug-likeness (QED) is 0.332. The van der Waals surface area contributed by atoms with Crippen LogP contribution in [0.4, 0.5) is 0 Å². The molecule has 6 nitrogen and oxygen atoms in total. The van der Waals surface area contributed by atoms with Gasteiger partial charge in [0.15, 0.2) is 11.5 Å². The molecule has 0 spiro atoms. The third-order valence-corrected chi connectivity index (χ3v) is 5.55. The van der Waals surface area contributed by atoms with Gasteiger partial charge < -0.3 is 14.0 Å². The van der Waals surface area contributed by atoms with Crippen LogP contribution in [0.3, 0.4) is 0 Å². The van der Waals surface area contributed by atoms with Gasteiger partial charge in [0.25, 0.3) is 5.91 Å². The maximum absolute atomic E-state index is 12.5. The van der Waals surface area contributed by atoms with E-state index < -0.39 is 5.91 Å². The van der Waals surface area contributed by atoms with E-state index in [1.807, 2.05) is 45.0 Å². The molecule has 3 aromatic rings. The fourth-order valence-corrected chi connectivity index (χ4v) is 4.06. The summed E-state index contributed by atoms with van der Waals surface area (Å²) in [7, 11) is 1.56. The minimum Gasteiger partial charge on any atom is -0.493 e. The number of hydrazone groups is 1. The van der Waals surface area contributed by atoms with Crippen LogP contribution >= 0.6 is 27.5 Å². The minimum absolute atomic E-state index is 0.343. The van der Waals surface area contributed by atoms with Gasteiger partial charge in [-0.25, -0.2) is 5.43 Å². The van der Waals surface area contributed by atoms with E-state index in [0.29, 0.717) is 28.7 Å². The largest absolute Gasteiger partial charge is 0.493 e. The van der Waals surface area contributed by atoms with Gasteiger partial charge >= 0.3 is 0 Å². The summed E-state index contributed by atoms with van der Waals surface area (Å²) in [6.45, 7) is 6.45. The molecule has 0 radical (unpaired) electrons. The SMILES string of the molecule is CCOc1c(Br)cc(/C=N\NC(=O)c2ccc(-n3c(C)ccc3C)cc2Cl)cc1OC. The van der Waals surface area contributed by atoms with Crippen LogP contribution in [0.15, 0.2) is 52.0 Å². The first-order chi connectivity index (χ1) is 14.8. The second-order valence-corrected chi connectivity index (χ2v) is 8.04. The lowest BCUT2D eigenvalue weighted by molar-refractivity contribution is 0.0955. The van der Waals surface area contributed by atoms with Crippen LogP contribution in [-0.2, 0) is 0 Å². The van der Waals surface area contributed by atoms with Crippen molar-refractivity contribution < 1.29 is 14.3 Å². The summed E-state index contributed by atoms with van der Waals surface area (Å²) in [5.74, 6) is 0.787. The average molecular weight is 505 g/mol. The van der Waals surface area contributed by atoms with Gasteiger partial charge in [-0.3, -0.25) is 4.79 Å². The number of aromatic nitrogens is 1. The predicted octanol–water partition coefficient (Wildman–Crippen LogP) is 5.68. The molecule has 0 unspecified atom stereocenters. The third-order valence-electron chi connectivity index (χ3n) is 4.65. The van der Waals surface area contributed by atoms with Crippen molar-refractivity contribution >= 4 is 39.7 Å². The highest BCUT2D eigenvalue weighted by Gasteiger charge is 2.13. The first-order valence-electron chi connectivity index (χ1n) is 9.64. The maximum Gasteiger partial charge on any atom is 0.272 e. The molecule has 0 aliphatic carbocycles. The van der Waals surface area contributed by atoms with Crippen molar-refractivity contribution in [3.8, 4) is 17.2 Å². The summed E-state index contributed by atoms with van der Waals surface area (Å²) >= 11 is 9.85. The molecular weight excluding hydrogens is 482 g/mol. The van der Waals surface area contributed by atoms with Crippen LogP contribution in [0.5, 0.6) is 11.5 Å². The maximum atomic E-state index is 12.5. The van der Waals surface area contributed by atoms with E-state index >= 15 is 0 Å². The number of nitrogens with one attached hydrogen (secondary N) is 1. The number of benzene rings is 2. The van der Waals surface area contributed by atoms with Crippen molar-refractivity contribution in [1.82, 2.24) is 9.99 Å². The first-order valence-corrected chi connectivity index (χ1v) is 10.8. The van der Waals surface area contributed by atoms with Crippen molar-refractivity contribution in [2.45, 2.75) is 20.8 Å². The second kappa shape index (κ2) is 10.0. The Labute approximate surface area is 194 Å². The number of rotatable bonds is 7. The number of nitrogens with zero attached hydrogens (tertiary/aromatic N) is 2. The molecule has 2 aromatic carbocycles. The van der Waals surface area contributed by atoms with Crippen molar-refractivity contribution in [2.75, 3.05) is 13.7 Å². The van der Waals surface area contributed by atoms with Gasteiger partial charge in [-0.15, -0.1) is 0 Å². The lowest BCUT2D eigenvalue weighted by Crippen LogP contribution is -2.18. The van der Waals surface area contributed by atoms with Crippen molar-refractivity contribution in [3.63, 3.8) is 0 Å². The van der Waals surface area contributed by atoms with E-state index in [1.165, 1.54) is 6.21 Å². The molecule has 8 heteroatoms. The molecule has 0 saturated heterocycles. The summed E-state index contributed by atoms with van der Waals surface area (Å²) in [5, 5.41) is 4.40. The van der Waals surface area contributed by atoms with E-state index in [1.54, 1.807) is 25.3 Å². The number of aryl methyl sites for hydroxylation is 2. The number of hydrogen-bond donors (Lipinski definition) is 1. The van der Waals surface area contributed by atoms with Gasteiger partial charge in [-0.1, -0.05) is 11.6 Å². The number of halogens is 2. The Balaban J connectivity index is 1.75. The molecule has 1 N–H and O–H groups in total. The van der Waals surface area contributed by atoms with Crippen molar-refractivity contribution in [1.29, 1.82) is 0 Å². The smallest absolute Gasteiger partial charge is 0.272 e. The highest BCUT2D eigenvalue weighted by atomic mass is 79.9. The molecule has 1 heterocycles. The zero-order valence-electron chi connectivity index (χ0n) is 17.7. The van der Waals surface area contributed by atoms with Gasteiger partial charge in [-0.05, 0) is 84.7 Å². The number of carbonyl (C=O) groups is 1. The molecule has 31 heavy (non-hydrogen) atoms. The van der Waals surface area contributed by atoms with Crippen LogP contribution < -0.4 is 14.9 Å². The number of amides is 1. The van der Waals surface area contributed by atoms with Gasteiger partial charge in [0.1, 0.15) is 0 Å². The zero-order valence-corrected chi connectivity index (χ0v) is 20.0. The molecule has 0 saturated carbocycles. The third kappa shape index (κ3) is 5.11. The highest BCUT2D eigenvalue weighted by molar-refractivity contribution is 9.10. The summed E-state index contributed by atoms with van der Waals surface area (Å²) in [5.41, 5.74) is 6.67. The molecule has 3 rings (SSSR count). The molecule has 1 amide bonds. The van der Waals surface area contributed by atoms with Crippen LogP contribution in [-0.4, -0.2) is 30.4 Å². The number of ether oxygens (including phenoxy) is 2. The normalized spacial score (nSPS) is 11.0. The lowest BCUT2D eigenvalue weighted by atomic mass is 10.2. The van der Waals surface area contributed by atoms with E-state index in [-0.39, 0.29) is 0 Å². The molecular formula is C23H23BrClN3O3. The van der Waals surface area contributed by atoms with E-state index in [0.717, 1.165) is 27.1 Å². The van der Waals surface area contributed by atoms with Gasteiger partial charge in [0, 0.05) is 17.1 Å². The van der Waals surface area contributed by atoms with E-state index in [9.17, 15) is 4.79 Å². The summed E-state index contributed by atoms with van der Waals surface area (Å²) in [4.78, 5) is 12.5. The van der Waals surface area contributed by atoms with Crippen LogP contribution in [0.2, 0.25) is 5.02 Å². The summed E-state index contributed by atoms with van der Waals surface area (Å²) < 4.78 is 13.7. The van der Waals surface area contributed by atoms with Crippen LogP contribution in [0.25, 0.3) is 5.69 Å². The zero-order chi connectivity index (χ0) is 22.5. The molecule has 1 aromatic heterocycles. The lowest BCUT2D eigenvalue weighted by Gasteiger charge is -2.12. The van der Waals surface area contributed by atoms with Crippen molar-refractivity contribution in [2.24, 2.45) is 5.10 Å². The monoisotopic (exact) mass is 503 g/mol. The molecule has 0 aliphatic heterocycles. The van der Waals surface area contributed by atoms with Gasteiger partial charge in [0.2, 0.25) is 0 Å². The topological polar surface area (TPSA) is 64.8 Å². The number of hydrogen-bond acceptors (Lipinski definition) is 4. The molecule has 0 fully saturated rings. The second-order valence-electron chi connectivity index (χ2n) is 6.78. The first kappa shape index (κ1) is 22.9. The van der Waals surface area contributed by atoms with E-state index in [2.05, 4.69) is 31.0 Å². The summed E-state index contributed by atoms with van der Waals surface area (Å²) in [6.07, 6.45) is 1.52. The number of methoxy groups -OCH3 is 1. The highest BCUT2D eigenvalue weighted by Crippen LogP contribution is 2.36. The Morgan fingerprint density at radius 3 is 2.52 bits per heavy atom. The minimum atomic E-state index is -0.397. The molecule has 0 bridgehead atoms. The van der Waals surface area contributed by atoms with Crippen LogP contribution in [0, 0.1) is 13.8 Å². The Kier molecular flexibility index (Phi) is 7.41. The summed E-state index contributed by atoms with van der Waals surface area (Å²) in [6, 6.07) is 13.0. The molecule has 162 valence electrons. The standard InChI is InChI=1S/C23H23BrClN3O3/c1-5-31-22-19(24)10-16(11-21(22)30-4)13-26-27-23(29)18-9-8-17(12-20(18)25)28-14(2)6-7-15(28)3/h6-13H,5H2,1-4H3,(H,27,29)/b26-13-. The molecule has 0 aliphatic rings. The van der Waals surface area contributed by atoms with Crippen LogP contribution in [0.1, 0.15) is 34.2 Å². The number of carbonyl (C=O) groups excluding carboxylic acids is 1. The Morgan fingerprint density at radius 1 is 1.19 bits per heavy atom. The van der Waals surface area contributed by atoms with Gasteiger partial charge in [-0.2, -0.15) is 5.10 Å². The fraction of sp³-hybridized carbons (Fsp3) is 0.217. The van der Waals surface area contributed by atoms with E-state index in [4.69, 9.17) is 21.1 Å². The average Bonchev–Trinajstić information content (AvgIpc) is 3.07. The fourth-order valence-electron chi connectivity index (χ4n) is 3.23. The van der Waals surface area contributed by atoms with Crippen molar-refractivity contribution in [3.05, 3.63) is 74.5 Å². The molecule has 0 atom stereocenters. The Morgan fingerprint density at radius 2 is 1.90 bits per heavy atom. The predicted molar refractivity (Wildman–Crippen MR) is 127 cm³/mol. The van der Waals surface area contributed by atoms with Gasteiger partial charge in [0.05, 0.1) is 35.0 Å².